The summed E-state index contributed by atoms with van der Waals surface area (Å²) in [6.45, 7) is 4.33. The number of anilines is 1. The van der Waals surface area contributed by atoms with E-state index in [1.54, 1.807) is 0 Å². The van der Waals surface area contributed by atoms with Gasteiger partial charge >= 0.3 is 0 Å². The first-order valence-electron chi connectivity index (χ1n) is 8.09. The van der Waals surface area contributed by atoms with Gasteiger partial charge in [-0.2, -0.15) is 0 Å². The molecular weight excluding hydrogens is 306 g/mol. The van der Waals surface area contributed by atoms with Crippen molar-refractivity contribution in [3.05, 3.63) is 36.0 Å². The Morgan fingerprint density at radius 1 is 1.29 bits per heavy atom. The van der Waals surface area contributed by atoms with Crippen LogP contribution in [0.1, 0.15) is 30.1 Å². The number of aromatic nitrogens is 2. The van der Waals surface area contributed by atoms with Gasteiger partial charge in [-0.3, -0.25) is 10.2 Å². The van der Waals surface area contributed by atoms with Crippen molar-refractivity contribution in [1.82, 2.24) is 15.4 Å². The topological polar surface area (TPSA) is 93.4 Å². The summed E-state index contributed by atoms with van der Waals surface area (Å²) in [6, 6.07) is 7.60. The molecule has 0 aliphatic carbocycles. The molecule has 1 aliphatic rings. The van der Waals surface area contributed by atoms with Gasteiger partial charge < -0.3 is 9.64 Å². The largest absolute Gasteiger partial charge is 0.494 e. The molecule has 3 N–H and O–H groups in total. The van der Waals surface area contributed by atoms with E-state index in [0.717, 1.165) is 37.2 Å². The quantitative estimate of drug-likeness (QED) is 0.494. The van der Waals surface area contributed by atoms with Crippen molar-refractivity contribution in [1.29, 1.82) is 0 Å². The second-order valence-electron chi connectivity index (χ2n) is 5.56. The predicted octanol–water partition coefficient (Wildman–Crippen LogP) is 1.75. The van der Waals surface area contributed by atoms with E-state index in [9.17, 15) is 4.79 Å². The summed E-state index contributed by atoms with van der Waals surface area (Å²) in [7, 11) is 0. The molecule has 0 spiro atoms. The lowest BCUT2D eigenvalue weighted by Gasteiger charge is -2.19. The molecule has 1 aromatic heterocycles. The summed E-state index contributed by atoms with van der Waals surface area (Å²) in [6.07, 6.45) is 3.72. The molecule has 3 rings (SSSR count). The molecule has 1 aliphatic heterocycles. The van der Waals surface area contributed by atoms with Crippen molar-refractivity contribution < 1.29 is 9.53 Å². The number of nitrogens with zero attached hydrogens (tertiary/aromatic N) is 3. The Bertz CT molecular complexity index is 711. The van der Waals surface area contributed by atoms with Gasteiger partial charge in [0, 0.05) is 24.8 Å². The third-order valence-electron chi connectivity index (χ3n) is 3.97. The van der Waals surface area contributed by atoms with Crippen molar-refractivity contribution in [3.63, 3.8) is 0 Å². The van der Waals surface area contributed by atoms with Gasteiger partial charge in [0.1, 0.15) is 17.1 Å². The van der Waals surface area contributed by atoms with E-state index in [1.807, 2.05) is 31.2 Å². The summed E-state index contributed by atoms with van der Waals surface area (Å²) in [5.74, 6) is 6.92. The van der Waals surface area contributed by atoms with Crippen LogP contribution in [0.4, 0.5) is 5.82 Å². The number of benzene rings is 1. The molecule has 0 atom stereocenters. The molecule has 7 heteroatoms. The summed E-state index contributed by atoms with van der Waals surface area (Å²) in [5.41, 5.74) is 3.43. The van der Waals surface area contributed by atoms with E-state index in [4.69, 9.17) is 10.6 Å². The number of carbonyl (C=O) groups is 1. The second-order valence-corrected chi connectivity index (χ2v) is 5.56. The van der Waals surface area contributed by atoms with Gasteiger partial charge in [0.2, 0.25) is 0 Å². The van der Waals surface area contributed by atoms with E-state index in [-0.39, 0.29) is 5.91 Å². The maximum atomic E-state index is 12.0. The number of hydrogen-bond donors (Lipinski definition) is 2. The summed E-state index contributed by atoms with van der Waals surface area (Å²) >= 11 is 0. The summed E-state index contributed by atoms with van der Waals surface area (Å²) < 4.78 is 5.45. The Morgan fingerprint density at radius 3 is 2.62 bits per heavy atom. The standard InChI is InChI=1S/C17H21N5O2/c1-2-24-13-7-5-12(6-8-13)15-19-11-14(17(23)21-18)16(20-15)22-9-3-4-10-22/h5-8,11H,2-4,9-10,18H2,1H3,(H,21,23). The average Bonchev–Trinajstić information content (AvgIpc) is 3.16. The van der Waals surface area contributed by atoms with Crippen LogP contribution in [0.3, 0.4) is 0 Å². The molecule has 1 amide bonds. The van der Waals surface area contributed by atoms with Crippen LogP contribution in [-0.2, 0) is 0 Å². The zero-order chi connectivity index (χ0) is 16.9. The van der Waals surface area contributed by atoms with Gasteiger partial charge in [-0.05, 0) is 44.0 Å². The molecule has 126 valence electrons. The third kappa shape index (κ3) is 3.30. The zero-order valence-electron chi connectivity index (χ0n) is 13.7. The van der Waals surface area contributed by atoms with Crippen molar-refractivity contribution >= 4 is 11.7 Å². The fraction of sp³-hybridized carbons (Fsp3) is 0.353. The monoisotopic (exact) mass is 327 g/mol. The number of nitrogens with one attached hydrogen (secondary N) is 1. The van der Waals surface area contributed by atoms with Crippen molar-refractivity contribution in [2.75, 3.05) is 24.6 Å². The first-order chi connectivity index (χ1) is 11.7. The number of hydrogen-bond acceptors (Lipinski definition) is 6. The molecule has 2 aromatic rings. The van der Waals surface area contributed by atoms with Crippen molar-refractivity contribution in [2.45, 2.75) is 19.8 Å². The summed E-state index contributed by atoms with van der Waals surface area (Å²) in [5, 5.41) is 0. The normalized spacial score (nSPS) is 13.8. The number of hydrazine groups is 1. The summed E-state index contributed by atoms with van der Waals surface area (Å²) in [4.78, 5) is 23.1. The Morgan fingerprint density at radius 2 is 2.00 bits per heavy atom. The van der Waals surface area contributed by atoms with Gasteiger partial charge in [-0.1, -0.05) is 0 Å². The molecule has 24 heavy (non-hydrogen) atoms. The van der Waals surface area contributed by atoms with Crippen molar-refractivity contribution in [2.24, 2.45) is 5.84 Å². The lowest BCUT2D eigenvalue weighted by Crippen LogP contribution is -2.33. The minimum Gasteiger partial charge on any atom is -0.494 e. The molecule has 1 saturated heterocycles. The first-order valence-corrected chi connectivity index (χ1v) is 8.09. The van der Waals surface area contributed by atoms with E-state index in [1.165, 1.54) is 6.20 Å². The predicted molar refractivity (Wildman–Crippen MR) is 91.7 cm³/mol. The third-order valence-corrected chi connectivity index (χ3v) is 3.97. The number of nitrogens with two attached hydrogens (primary N) is 1. The highest BCUT2D eigenvalue weighted by molar-refractivity contribution is 5.98. The Balaban J connectivity index is 1.96. The van der Waals surface area contributed by atoms with Gasteiger partial charge in [-0.25, -0.2) is 15.8 Å². The van der Waals surface area contributed by atoms with Crippen molar-refractivity contribution in [3.8, 4) is 17.1 Å². The molecule has 1 aromatic carbocycles. The van der Waals surface area contributed by atoms with Crippen LogP contribution in [-0.4, -0.2) is 35.6 Å². The van der Waals surface area contributed by atoms with Gasteiger partial charge in [-0.15, -0.1) is 0 Å². The minimum atomic E-state index is -0.379. The van der Waals surface area contributed by atoms with Gasteiger partial charge in [0.25, 0.3) is 5.91 Å². The highest BCUT2D eigenvalue weighted by atomic mass is 16.5. The van der Waals surface area contributed by atoms with Crippen LogP contribution in [0.2, 0.25) is 0 Å². The Hall–Kier alpha value is -2.67. The number of rotatable bonds is 5. The molecule has 0 saturated carbocycles. The van der Waals surface area contributed by atoms with Crippen LogP contribution in [0, 0.1) is 0 Å². The SMILES string of the molecule is CCOc1ccc(-c2ncc(C(=O)NN)c(N3CCCC3)n2)cc1. The minimum absolute atomic E-state index is 0.379. The van der Waals surface area contributed by atoms with Gasteiger partial charge in [0.05, 0.1) is 6.61 Å². The molecule has 7 nitrogen and oxygen atoms in total. The zero-order valence-corrected chi connectivity index (χ0v) is 13.7. The molecule has 0 radical (unpaired) electrons. The van der Waals surface area contributed by atoms with Crippen LogP contribution >= 0.6 is 0 Å². The highest BCUT2D eigenvalue weighted by Crippen LogP contribution is 2.26. The Kier molecular flexibility index (Phi) is 4.90. The number of nitrogen functional groups attached to an aromatic ring is 1. The van der Waals surface area contributed by atoms with Crippen LogP contribution in [0.15, 0.2) is 30.5 Å². The van der Waals surface area contributed by atoms with Crippen LogP contribution in [0.25, 0.3) is 11.4 Å². The smallest absolute Gasteiger partial charge is 0.270 e. The maximum absolute atomic E-state index is 12.0. The lowest BCUT2D eigenvalue weighted by atomic mass is 10.2. The number of carbonyl (C=O) groups excluding carboxylic acids is 1. The fourth-order valence-corrected chi connectivity index (χ4v) is 2.79. The molecule has 1 fully saturated rings. The van der Waals surface area contributed by atoms with Crippen LogP contribution in [0.5, 0.6) is 5.75 Å². The number of amides is 1. The fourth-order valence-electron chi connectivity index (χ4n) is 2.79. The molecule has 2 heterocycles. The van der Waals surface area contributed by atoms with E-state index < -0.39 is 0 Å². The molecular formula is C17H21N5O2. The Labute approximate surface area is 140 Å². The van der Waals surface area contributed by atoms with Gasteiger partial charge in [0.15, 0.2) is 5.82 Å². The molecule has 0 unspecified atom stereocenters. The van der Waals surface area contributed by atoms with E-state index >= 15 is 0 Å². The second kappa shape index (κ2) is 7.27. The highest BCUT2D eigenvalue weighted by Gasteiger charge is 2.22. The lowest BCUT2D eigenvalue weighted by molar-refractivity contribution is 0.0953. The van der Waals surface area contributed by atoms with E-state index in [2.05, 4.69) is 20.3 Å². The van der Waals surface area contributed by atoms with E-state index in [0.29, 0.717) is 23.8 Å². The molecule has 0 bridgehead atoms. The van der Waals surface area contributed by atoms with Crippen LogP contribution < -0.4 is 20.9 Å². The average molecular weight is 327 g/mol. The number of ether oxygens (including phenoxy) is 1. The maximum Gasteiger partial charge on any atom is 0.270 e. The first kappa shape index (κ1) is 16.2.